The summed E-state index contributed by atoms with van der Waals surface area (Å²) < 4.78 is 6.76. The number of hydrogen-bond acceptors (Lipinski definition) is 4. The number of amides is 1. The van der Waals surface area contributed by atoms with Crippen LogP contribution in [0.2, 0.25) is 10.0 Å². The van der Waals surface area contributed by atoms with Crippen molar-refractivity contribution in [1.82, 2.24) is 0 Å². The van der Waals surface area contributed by atoms with Crippen molar-refractivity contribution >= 4 is 79.4 Å². The van der Waals surface area contributed by atoms with Gasteiger partial charge in [-0.3, -0.25) is 9.69 Å². The normalized spacial score (nSPS) is 15.2. The average molecular weight is 666 g/mol. The molecular formula is C33H27BrCl2N2O2S. The molecule has 4 aromatic carbocycles. The van der Waals surface area contributed by atoms with Gasteiger partial charge >= 0.3 is 0 Å². The second kappa shape index (κ2) is 13.3. The summed E-state index contributed by atoms with van der Waals surface area (Å²) in [6.45, 7) is 4.53. The quantitative estimate of drug-likeness (QED) is 0.176. The van der Waals surface area contributed by atoms with Gasteiger partial charge in [-0.1, -0.05) is 73.4 Å². The van der Waals surface area contributed by atoms with Crippen molar-refractivity contribution in [1.29, 1.82) is 0 Å². The second-order valence-corrected chi connectivity index (χ2v) is 12.1. The molecule has 0 atom stereocenters. The number of rotatable bonds is 8. The Labute approximate surface area is 263 Å². The minimum Gasteiger partial charge on any atom is -0.488 e. The molecule has 0 aromatic heterocycles. The van der Waals surface area contributed by atoms with Crippen LogP contribution < -0.4 is 9.64 Å². The number of amidine groups is 1. The minimum absolute atomic E-state index is 0.114. The Hall–Kier alpha value is -3.03. The first-order valence-electron chi connectivity index (χ1n) is 13.2. The standard InChI is InChI=1S/C33H27BrCl2N2O2S/c1-3-21-5-12-26(13-6-21)37-33-38(27-14-7-22(4-2)8-15-27)32(39)31(41-33)18-23-9-16-30(28(34)17-23)40-20-24-10-11-25(35)19-29(24)36/h5-19H,3-4,20H2,1-2H3/b31-18-,37-33?. The van der Waals surface area contributed by atoms with Crippen LogP contribution in [0.1, 0.15) is 36.1 Å². The lowest BCUT2D eigenvalue weighted by atomic mass is 10.1. The molecule has 1 aliphatic rings. The Morgan fingerprint density at radius 2 is 1.59 bits per heavy atom. The maximum Gasteiger partial charge on any atom is 0.271 e. The molecule has 0 spiro atoms. The number of hydrogen-bond donors (Lipinski definition) is 0. The maximum absolute atomic E-state index is 13.7. The van der Waals surface area contributed by atoms with E-state index in [9.17, 15) is 4.79 Å². The molecule has 41 heavy (non-hydrogen) atoms. The highest BCUT2D eigenvalue weighted by Gasteiger charge is 2.34. The van der Waals surface area contributed by atoms with Crippen molar-refractivity contribution < 1.29 is 9.53 Å². The number of aliphatic imine (C=N–C) groups is 1. The lowest BCUT2D eigenvalue weighted by molar-refractivity contribution is -0.113. The van der Waals surface area contributed by atoms with Gasteiger partial charge in [0.15, 0.2) is 5.17 Å². The topological polar surface area (TPSA) is 41.9 Å². The predicted molar refractivity (Wildman–Crippen MR) is 177 cm³/mol. The van der Waals surface area contributed by atoms with E-state index in [0.717, 1.165) is 39.8 Å². The molecule has 1 amide bonds. The first kappa shape index (κ1) is 29.5. The molecule has 0 aliphatic carbocycles. The number of carbonyl (C=O) groups excluding carboxylic acids is 1. The van der Waals surface area contributed by atoms with Gasteiger partial charge in [0.05, 0.1) is 20.8 Å². The third-order valence-electron chi connectivity index (χ3n) is 6.63. The van der Waals surface area contributed by atoms with Crippen LogP contribution >= 0.6 is 50.9 Å². The number of aryl methyl sites for hydroxylation is 2. The number of halogens is 3. The van der Waals surface area contributed by atoms with Crippen LogP contribution in [0.25, 0.3) is 6.08 Å². The fourth-order valence-corrected chi connectivity index (χ4v) is 6.22. The Bertz CT molecular complexity index is 1640. The summed E-state index contributed by atoms with van der Waals surface area (Å²) in [4.78, 5) is 20.9. The van der Waals surface area contributed by atoms with Gasteiger partial charge in [0.1, 0.15) is 12.4 Å². The summed E-state index contributed by atoms with van der Waals surface area (Å²) in [7, 11) is 0. The molecule has 1 heterocycles. The number of anilines is 1. The van der Waals surface area contributed by atoms with Crippen LogP contribution in [0.5, 0.6) is 5.75 Å². The molecule has 0 radical (unpaired) electrons. The van der Waals surface area contributed by atoms with E-state index in [1.807, 2.05) is 54.6 Å². The molecule has 1 saturated heterocycles. The average Bonchev–Trinajstić information content (AvgIpc) is 3.27. The Morgan fingerprint density at radius 3 is 2.22 bits per heavy atom. The third kappa shape index (κ3) is 7.07. The number of thioether (sulfide) groups is 1. The van der Waals surface area contributed by atoms with Crippen molar-refractivity contribution in [3.05, 3.63) is 127 Å². The fraction of sp³-hybridized carbons (Fsp3) is 0.152. The van der Waals surface area contributed by atoms with Crippen LogP contribution in [0, 0.1) is 0 Å². The number of benzene rings is 4. The van der Waals surface area contributed by atoms with Gasteiger partial charge < -0.3 is 4.74 Å². The van der Waals surface area contributed by atoms with Crippen LogP contribution in [0.15, 0.2) is 99.3 Å². The zero-order valence-electron chi connectivity index (χ0n) is 22.5. The van der Waals surface area contributed by atoms with E-state index in [2.05, 4.69) is 54.0 Å². The van der Waals surface area contributed by atoms with Gasteiger partial charge in [-0.15, -0.1) is 0 Å². The van der Waals surface area contributed by atoms with E-state index in [4.69, 9.17) is 32.9 Å². The van der Waals surface area contributed by atoms with E-state index in [1.54, 1.807) is 17.0 Å². The van der Waals surface area contributed by atoms with Gasteiger partial charge in [0.25, 0.3) is 5.91 Å². The van der Waals surface area contributed by atoms with Gasteiger partial charge in [-0.25, -0.2) is 4.99 Å². The molecule has 4 nitrogen and oxygen atoms in total. The molecule has 1 fully saturated rings. The lowest BCUT2D eigenvalue weighted by Gasteiger charge is -2.16. The molecule has 0 unspecified atom stereocenters. The molecule has 0 saturated carbocycles. The van der Waals surface area contributed by atoms with Crippen LogP contribution in [0.4, 0.5) is 11.4 Å². The molecule has 8 heteroatoms. The van der Waals surface area contributed by atoms with Crippen molar-refractivity contribution in [3.63, 3.8) is 0 Å². The summed E-state index contributed by atoms with van der Waals surface area (Å²) in [6, 6.07) is 27.2. The molecule has 0 bridgehead atoms. The van der Waals surface area contributed by atoms with Crippen molar-refractivity contribution in [2.45, 2.75) is 33.3 Å². The molecule has 5 rings (SSSR count). The van der Waals surface area contributed by atoms with E-state index < -0.39 is 0 Å². The second-order valence-electron chi connectivity index (χ2n) is 9.40. The Balaban J connectivity index is 1.41. The Morgan fingerprint density at radius 1 is 0.902 bits per heavy atom. The zero-order chi connectivity index (χ0) is 28.9. The molecule has 4 aromatic rings. The summed E-state index contributed by atoms with van der Waals surface area (Å²) in [5, 5.41) is 1.75. The first-order valence-corrected chi connectivity index (χ1v) is 15.6. The van der Waals surface area contributed by atoms with Crippen molar-refractivity contribution in [3.8, 4) is 5.75 Å². The monoisotopic (exact) mass is 664 g/mol. The number of nitrogens with zero attached hydrogens (tertiary/aromatic N) is 2. The summed E-state index contributed by atoms with van der Waals surface area (Å²) >= 11 is 17.3. The molecule has 208 valence electrons. The number of ether oxygens (including phenoxy) is 1. The van der Waals surface area contributed by atoms with Gasteiger partial charge in [0, 0.05) is 15.6 Å². The summed E-state index contributed by atoms with van der Waals surface area (Å²) in [6.07, 6.45) is 3.77. The minimum atomic E-state index is -0.114. The van der Waals surface area contributed by atoms with Crippen molar-refractivity contribution in [2.24, 2.45) is 4.99 Å². The zero-order valence-corrected chi connectivity index (χ0v) is 26.4. The van der Waals surface area contributed by atoms with Crippen LogP contribution in [0.3, 0.4) is 0 Å². The maximum atomic E-state index is 13.7. The largest absolute Gasteiger partial charge is 0.488 e. The van der Waals surface area contributed by atoms with E-state index in [0.29, 0.717) is 32.5 Å². The molecular weight excluding hydrogens is 639 g/mol. The van der Waals surface area contributed by atoms with E-state index in [1.165, 1.54) is 22.9 Å². The predicted octanol–water partition coefficient (Wildman–Crippen LogP) is 10.3. The molecule has 0 N–H and O–H groups in total. The summed E-state index contributed by atoms with van der Waals surface area (Å²) in [5.74, 6) is 0.552. The van der Waals surface area contributed by atoms with Crippen LogP contribution in [-0.4, -0.2) is 11.1 Å². The van der Waals surface area contributed by atoms with Crippen LogP contribution in [-0.2, 0) is 24.2 Å². The van der Waals surface area contributed by atoms with E-state index >= 15 is 0 Å². The van der Waals surface area contributed by atoms with E-state index in [-0.39, 0.29) is 5.91 Å². The third-order valence-corrected chi connectivity index (χ3v) is 8.81. The molecule has 1 aliphatic heterocycles. The highest BCUT2D eigenvalue weighted by molar-refractivity contribution is 9.10. The summed E-state index contributed by atoms with van der Waals surface area (Å²) in [5.41, 5.74) is 5.75. The lowest BCUT2D eigenvalue weighted by Crippen LogP contribution is -2.28. The highest BCUT2D eigenvalue weighted by Crippen LogP contribution is 2.38. The van der Waals surface area contributed by atoms with Gasteiger partial charge in [0.2, 0.25) is 0 Å². The number of carbonyl (C=O) groups is 1. The van der Waals surface area contributed by atoms with Gasteiger partial charge in [-0.05, 0) is 112 Å². The van der Waals surface area contributed by atoms with Crippen molar-refractivity contribution in [2.75, 3.05) is 4.90 Å². The fourth-order valence-electron chi connectivity index (χ4n) is 4.24. The Kier molecular flexibility index (Phi) is 9.56. The first-order chi connectivity index (χ1) is 19.8. The highest BCUT2D eigenvalue weighted by atomic mass is 79.9. The smallest absolute Gasteiger partial charge is 0.271 e. The SMILES string of the molecule is CCc1ccc(N=C2S/C(=C\c3ccc(OCc4ccc(Cl)cc4Cl)c(Br)c3)C(=O)N2c2ccc(CC)cc2)cc1. The van der Waals surface area contributed by atoms with Gasteiger partial charge in [-0.2, -0.15) is 0 Å².